The van der Waals surface area contributed by atoms with Gasteiger partial charge in [0.2, 0.25) is 10.0 Å². The summed E-state index contributed by atoms with van der Waals surface area (Å²) in [5, 5.41) is 10.4. The molecule has 3 rings (SSSR count). The fourth-order valence-corrected chi connectivity index (χ4v) is 4.71. The molecule has 27 heavy (non-hydrogen) atoms. The predicted molar refractivity (Wildman–Crippen MR) is 108 cm³/mol. The van der Waals surface area contributed by atoms with Crippen LogP contribution in [0, 0.1) is 5.92 Å². The van der Waals surface area contributed by atoms with Gasteiger partial charge in [-0.2, -0.15) is 0 Å². The van der Waals surface area contributed by atoms with E-state index in [-0.39, 0.29) is 5.75 Å². The van der Waals surface area contributed by atoms with Crippen molar-refractivity contribution >= 4 is 10.0 Å². The second kappa shape index (κ2) is 9.46. The van der Waals surface area contributed by atoms with E-state index in [2.05, 4.69) is 9.62 Å². The molecule has 1 aliphatic rings. The van der Waals surface area contributed by atoms with E-state index in [1.165, 1.54) is 0 Å². The Labute approximate surface area is 162 Å². The van der Waals surface area contributed by atoms with Crippen molar-refractivity contribution < 1.29 is 13.5 Å². The zero-order valence-electron chi connectivity index (χ0n) is 15.5. The van der Waals surface area contributed by atoms with Crippen LogP contribution >= 0.6 is 0 Å². The molecule has 146 valence electrons. The van der Waals surface area contributed by atoms with Gasteiger partial charge in [-0.1, -0.05) is 60.7 Å². The number of hydrogen-bond acceptors (Lipinski definition) is 4. The van der Waals surface area contributed by atoms with Crippen molar-refractivity contribution in [3.63, 3.8) is 0 Å². The first-order valence-electron chi connectivity index (χ1n) is 9.48. The highest BCUT2D eigenvalue weighted by Gasteiger charge is 2.23. The fraction of sp³-hybridized carbons (Fsp3) is 0.429. The molecule has 1 heterocycles. The highest BCUT2D eigenvalue weighted by Crippen LogP contribution is 2.20. The Balaban J connectivity index is 1.40. The molecule has 1 fully saturated rings. The molecule has 0 bridgehead atoms. The predicted octanol–water partition coefficient (Wildman–Crippen LogP) is 2.55. The van der Waals surface area contributed by atoms with Crippen LogP contribution in [0.25, 0.3) is 0 Å². The Morgan fingerprint density at radius 3 is 2.22 bits per heavy atom. The van der Waals surface area contributed by atoms with Crippen LogP contribution in [0.15, 0.2) is 60.7 Å². The van der Waals surface area contributed by atoms with Gasteiger partial charge in [0, 0.05) is 13.1 Å². The molecule has 0 radical (unpaired) electrons. The number of likely N-dealkylation sites (tertiary alicyclic amines) is 1. The third-order valence-electron chi connectivity index (χ3n) is 5.11. The van der Waals surface area contributed by atoms with Crippen molar-refractivity contribution in [1.29, 1.82) is 0 Å². The van der Waals surface area contributed by atoms with E-state index in [0.717, 1.165) is 37.1 Å². The first-order chi connectivity index (χ1) is 13.0. The Hall–Kier alpha value is -1.73. The molecule has 2 aromatic carbocycles. The zero-order chi connectivity index (χ0) is 19.1. The molecule has 0 unspecified atom stereocenters. The summed E-state index contributed by atoms with van der Waals surface area (Å²) in [6.07, 6.45) is 1.40. The number of aliphatic hydroxyl groups excluding tert-OH is 1. The number of rotatable bonds is 8. The number of nitrogens with one attached hydrogen (secondary N) is 1. The maximum atomic E-state index is 12.3. The summed E-state index contributed by atoms with van der Waals surface area (Å²) >= 11 is 0. The average Bonchev–Trinajstić information content (AvgIpc) is 2.69. The Morgan fingerprint density at radius 2 is 1.59 bits per heavy atom. The number of hydrogen-bond donors (Lipinski definition) is 2. The first-order valence-corrected chi connectivity index (χ1v) is 11.1. The van der Waals surface area contributed by atoms with Gasteiger partial charge in [0.05, 0.1) is 11.9 Å². The summed E-state index contributed by atoms with van der Waals surface area (Å²) in [5.41, 5.74) is 1.74. The topological polar surface area (TPSA) is 69.6 Å². The number of sulfonamides is 1. The van der Waals surface area contributed by atoms with Crippen LogP contribution < -0.4 is 4.72 Å². The molecule has 1 aliphatic heterocycles. The fourth-order valence-electron chi connectivity index (χ4n) is 3.49. The minimum atomic E-state index is -3.31. The van der Waals surface area contributed by atoms with Crippen LogP contribution in [0.4, 0.5) is 0 Å². The summed E-state index contributed by atoms with van der Waals surface area (Å²) < 4.78 is 27.3. The minimum absolute atomic E-state index is 0.0238. The van der Waals surface area contributed by atoms with E-state index >= 15 is 0 Å². The zero-order valence-corrected chi connectivity index (χ0v) is 16.3. The lowest BCUT2D eigenvalue weighted by atomic mass is 9.96. The van der Waals surface area contributed by atoms with Crippen LogP contribution in [-0.4, -0.2) is 44.6 Å². The van der Waals surface area contributed by atoms with Gasteiger partial charge >= 0.3 is 0 Å². The standard InChI is InChI=1S/C21H28N2O3S/c24-21(20-9-5-2-6-10-20)16-23-13-11-18(12-14-23)15-22-27(25,26)17-19-7-3-1-4-8-19/h1-10,18,21-22,24H,11-17H2/t21-/m0/s1. The van der Waals surface area contributed by atoms with Gasteiger partial charge < -0.3 is 10.0 Å². The van der Waals surface area contributed by atoms with Crippen LogP contribution in [0.3, 0.4) is 0 Å². The second-order valence-corrected chi connectivity index (χ2v) is 9.07. The summed E-state index contributed by atoms with van der Waals surface area (Å²) in [7, 11) is -3.31. The lowest BCUT2D eigenvalue weighted by Gasteiger charge is -2.33. The van der Waals surface area contributed by atoms with Gasteiger partial charge in [-0.15, -0.1) is 0 Å². The van der Waals surface area contributed by atoms with Gasteiger partial charge in [0.15, 0.2) is 0 Å². The highest BCUT2D eigenvalue weighted by molar-refractivity contribution is 7.88. The molecule has 0 spiro atoms. The second-order valence-electron chi connectivity index (χ2n) is 7.26. The molecule has 1 saturated heterocycles. The van der Waals surface area contributed by atoms with E-state index in [9.17, 15) is 13.5 Å². The molecule has 5 nitrogen and oxygen atoms in total. The smallest absolute Gasteiger partial charge is 0.215 e. The maximum Gasteiger partial charge on any atom is 0.215 e. The number of benzene rings is 2. The van der Waals surface area contributed by atoms with Crippen molar-refractivity contribution in [2.24, 2.45) is 5.92 Å². The minimum Gasteiger partial charge on any atom is -0.387 e. The maximum absolute atomic E-state index is 12.3. The number of nitrogens with zero attached hydrogens (tertiary/aromatic N) is 1. The van der Waals surface area contributed by atoms with Crippen molar-refractivity contribution in [1.82, 2.24) is 9.62 Å². The monoisotopic (exact) mass is 388 g/mol. The normalized spacial score (nSPS) is 17.7. The van der Waals surface area contributed by atoms with Crippen LogP contribution in [0.5, 0.6) is 0 Å². The highest BCUT2D eigenvalue weighted by atomic mass is 32.2. The summed E-state index contributed by atoms with van der Waals surface area (Å²) in [4.78, 5) is 2.26. The van der Waals surface area contributed by atoms with Gasteiger partial charge in [-0.05, 0) is 43.0 Å². The van der Waals surface area contributed by atoms with Crippen molar-refractivity contribution in [3.05, 3.63) is 71.8 Å². The molecular formula is C21H28N2O3S. The first kappa shape index (κ1) is 20.0. The van der Waals surface area contributed by atoms with Crippen LogP contribution in [0.2, 0.25) is 0 Å². The molecule has 0 saturated carbocycles. The quantitative estimate of drug-likeness (QED) is 0.729. The molecule has 2 aromatic rings. The van der Waals surface area contributed by atoms with Gasteiger partial charge in [0.1, 0.15) is 0 Å². The van der Waals surface area contributed by atoms with E-state index in [4.69, 9.17) is 0 Å². The molecule has 0 amide bonds. The van der Waals surface area contributed by atoms with E-state index in [1.807, 2.05) is 60.7 Å². The Morgan fingerprint density at radius 1 is 1.00 bits per heavy atom. The average molecular weight is 389 g/mol. The van der Waals surface area contributed by atoms with Gasteiger partial charge in [0.25, 0.3) is 0 Å². The van der Waals surface area contributed by atoms with E-state index in [1.54, 1.807) is 0 Å². The summed E-state index contributed by atoms with van der Waals surface area (Å²) in [6.45, 7) is 2.88. The Kier molecular flexibility index (Phi) is 7.01. The third-order valence-corrected chi connectivity index (χ3v) is 6.43. The largest absolute Gasteiger partial charge is 0.387 e. The molecule has 0 aliphatic carbocycles. The van der Waals surface area contributed by atoms with Crippen LogP contribution in [0.1, 0.15) is 30.1 Å². The van der Waals surface area contributed by atoms with Crippen molar-refractivity contribution in [2.75, 3.05) is 26.2 Å². The lowest BCUT2D eigenvalue weighted by molar-refractivity contribution is 0.0899. The van der Waals surface area contributed by atoms with Crippen LogP contribution in [-0.2, 0) is 15.8 Å². The molecule has 2 N–H and O–H groups in total. The van der Waals surface area contributed by atoms with E-state index < -0.39 is 16.1 Å². The summed E-state index contributed by atoms with van der Waals surface area (Å²) in [6, 6.07) is 18.9. The number of piperidine rings is 1. The van der Waals surface area contributed by atoms with Gasteiger partial charge in [-0.25, -0.2) is 13.1 Å². The molecule has 1 atom stereocenters. The molecular weight excluding hydrogens is 360 g/mol. The molecule has 0 aromatic heterocycles. The van der Waals surface area contributed by atoms with Crippen molar-refractivity contribution in [2.45, 2.75) is 24.7 Å². The third kappa shape index (κ3) is 6.43. The number of β-amino-alcohol motifs (C(OH)–C–C–N with tert-alkyl or cyclic N) is 1. The molecule has 6 heteroatoms. The SMILES string of the molecule is O=S(=O)(Cc1ccccc1)NCC1CCN(C[C@H](O)c2ccccc2)CC1. The summed E-state index contributed by atoms with van der Waals surface area (Å²) in [5.74, 6) is 0.372. The van der Waals surface area contributed by atoms with E-state index in [0.29, 0.717) is 19.0 Å². The number of aliphatic hydroxyl groups is 1. The van der Waals surface area contributed by atoms with Gasteiger partial charge in [-0.3, -0.25) is 0 Å². The Bertz CT molecular complexity index is 789. The van der Waals surface area contributed by atoms with Crippen molar-refractivity contribution in [3.8, 4) is 0 Å². The lowest BCUT2D eigenvalue weighted by Crippen LogP contribution is -2.40.